The fraction of sp³-hybridized carbons (Fsp3) is 0. The number of halogens is 1. The number of aromatic amines is 1. The minimum absolute atomic E-state index is 0.0613. The molecule has 0 aliphatic heterocycles. The van der Waals surface area contributed by atoms with E-state index >= 15 is 0 Å². The molecule has 2 aromatic rings. The monoisotopic (exact) mass is 222 g/mol. The Balaban J connectivity index is 2.52. The maximum absolute atomic E-state index is 10.4. The summed E-state index contributed by atoms with van der Waals surface area (Å²) in [6.07, 6.45) is 2.04. The second-order valence-electron chi connectivity index (χ2n) is 2.97. The van der Waals surface area contributed by atoms with Gasteiger partial charge >= 0.3 is 0 Å². The van der Waals surface area contributed by atoms with Gasteiger partial charge in [0.2, 0.25) is 0 Å². The van der Waals surface area contributed by atoms with E-state index in [-0.39, 0.29) is 5.75 Å². The molecule has 0 aliphatic rings. The summed E-state index contributed by atoms with van der Waals surface area (Å²) >= 11 is 5.79. The molecule has 76 valence electrons. The third-order valence-corrected chi connectivity index (χ3v) is 2.17. The standard InChI is InChI=1S/C10H7ClN2O2/c11-6-1-2-9(15)8(3-6)10-12-4-7(5-14)13-10/h1-5,15H,(H,12,13). The Hall–Kier alpha value is -1.81. The van der Waals surface area contributed by atoms with Gasteiger partial charge in [-0.05, 0) is 18.2 Å². The number of aromatic nitrogens is 2. The predicted molar refractivity (Wildman–Crippen MR) is 56.1 cm³/mol. The minimum atomic E-state index is 0.0613. The zero-order chi connectivity index (χ0) is 10.8. The number of hydrogen-bond donors (Lipinski definition) is 2. The van der Waals surface area contributed by atoms with Crippen LogP contribution < -0.4 is 0 Å². The summed E-state index contributed by atoms with van der Waals surface area (Å²) in [6, 6.07) is 4.62. The number of H-pyrrole nitrogens is 1. The highest BCUT2D eigenvalue weighted by atomic mass is 35.5. The van der Waals surface area contributed by atoms with Gasteiger partial charge in [0, 0.05) is 5.02 Å². The molecule has 15 heavy (non-hydrogen) atoms. The van der Waals surface area contributed by atoms with Crippen LogP contribution >= 0.6 is 11.6 Å². The van der Waals surface area contributed by atoms with Crippen LogP contribution in [0.2, 0.25) is 5.02 Å². The van der Waals surface area contributed by atoms with E-state index in [1.54, 1.807) is 12.1 Å². The van der Waals surface area contributed by atoms with Crippen molar-refractivity contribution in [2.45, 2.75) is 0 Å². The van der Waals surface area contributed by atoms with Gasteiger partial charge in [0.05, 0.1) is 17.5 Å². The molecule has 1 heterocycles. The molecule has 0 unspecified atom stereocenters. The number of carbonyl (C=O) groups is 1. The first-order valence-corrected chi connectivity index (χ1v) is 4.57. The summed E-state index contributed by atoms with van der Waals surface area (Å²) in [5.41, 5.74) is 0.819. The number of nitrogens with one attached hydrogen (secondary N) is 1. The molecule has 0 amide bonds. The molecule has 0 spiro atoms. The van der Waals surface area contributed by atoms with E-state index in [4.69, 9.17) is 11.6 Å². The summed E-state index contributed by atoms with van der Waals surface area (Å²) in [4.78, 5) is 17.1. The van der Waals surface area contributed by atoms with Crippen LogP contribution in [0.5, 0.6) is 5.75 Å². The average molecular weight is 223 g/mol. The Morgan fingerprint density at radius 2 is 2.27 bits per heavy atom. The number of phenolic OH excluding ortho intramolecular Hbond substituents is 1. The van der Waals surface area contributed by atoms with Crippen molar-refractivity contribution in [3.8, 4) is 17.1 Å². The summed E-state index contributed by atoms with van der Waals surface area (Å²) in [5.74, 6) is 0.475. The Labute approximate surface area is 90.5 Å². The van der Waals surface area contributed by atoms with Crippen LogP contribution in [0.25, 0.3) is 11.4 Å². The fourth-order valence-electron chi connectivity index (χ4n) is 1.23. The minimum Gasteiger partial charge on any atom is -0.507 e. The van der Waals surface area contributed by atoms with E-state index in [0.717, 1.165) is 0 Å². The van der Waals surface area contributed by atoms with Crippen molar-refractivity contribution in [3.63, 3.8) is 0 Å². The van der Waals surface area contributed by atoms with Crippen molar-refractivity contribution >= 4 is 17.9 Å². The van der Waals surface area contributed by atoms with Gasteiger partial charge in [-0.25, -0.2) is 4.98 Å². The molecule has 2 rings (SSSR count). The smallest absolute Gasteiger partial charge is 0.167 e. The van der Waals surface area contributed by atoms with Crippen molar-refractivity contribution < 1.29 is 9.90 Å². The van der Waals surface area contributed by atoms with E-state index in [0.29, 0.717) is 28.4 Å². The van der Waals surface area contributed by atoms with Crippen molar-refractivity contribution in [3.05, 3.63) is 35.1 Å². The zero-order valence-corrected chi connectivity index (χ0v) is 8.32. The van der Waals surface area contributed by atoms with Gasteiger partial charge in [0.15, 0.2) is 6.29 Å². The van der Waals surface area contributed by atoms with E-state index < -0.39 is 0 Å². The van der Waals surface area contributed by atoms with Crippen molar-refractivity contribution in [2.75, 3.05) is 0 Å². The van der Waals surface area contributed by atoms with Crippen molar-refractivity contribution in [1.29, 1.82) is 0 Å². The van der Waals surface area contributed by atoms with E-state index in [2.05, 4.69) is 9.97 Å². The van der Waals surface area contributed by atoms with Crippen LogP contribution in [-0.2, 0) is 0 Å². The van der Waals surface area contributed by atoms with E-state index in [1.807, 2.05) is 0 Å². The second-order valence-corrected chi connectivity index (χ2v) is 3.40. The zero-order valence-electron chi connectivity index (χ0n) is 7.57. The Bertz CT molecular complexity index is 508. The number of imidazole rings is 1. The SMILES string of the molecule is O=Cc1cnc(-c2cc(Cl)ccc2O)[nH]1. The quantitative estimate of drug-likeness (QED) is 0.766. The molecule has 2 N–H and O–H groups in total. The number of carbonyl (C=O) groups excluding carboxylic acids is 1. The highest BCUT2D eigenvalue weighted by Gasteiger charge is 2.08. The van der Waals surface area contributed by atoms with Gasteiger partial charge < -0.3 is 10.1 Å². The van der Waals surface area contributed by atoms with Gasteiger partial charge in [0.1, 0.15) is 11.6 Å². The molecule has 1 aromatic carbocycles. The second kappa shape index (κ2) is 3.74. The number of aldehydes is 1. The van der Waals surface area contributed by atoms with Crippen LogP contribution in [0.15, 0.2) is 24.4 Å². The van der Waals surface area contributed by atoms with Crippen molar-refractivity contribution in [2.24, 2.45) is 0 Å². The molecule has 0 atom stereocenters. The average Bonchev–Trinajstić information content (AvgIpc) is 2.70. The number of benzene rings is 1. The molecule has 0 aliphatic carbocycles. The molecule has 0 radical (unpaired) electrons. The lowest BCUT2D eigenvalue weighted by atomic mass is 10.2. The maximum atomic E-state index is 10.4. The lowest BCUT2D eigenvalue weighted by molar-refractivity contribution is 0.111. The first kappa shape index (κ1) is 9.73. The molecular formula is C10H7ClN2O2. The fourth-order valence-corrected chi connectivity index (χ4v) is 1.40. The molecule has 0 fully saturated rings. The number of aromatic hydroxyl groups is 1. The summed E-state index contributed by atoms with van der Waals surface area (Å²) in [6.45, 7) is 0. The predicted octanol–water partition coefficient (Wildman–Crippen LogP) is 2.25. The van der Waals surface area contributed by atoms with Crippen LogP contribution in [-0.4, -0.2) is 21.4 Å². The normalized spacial score (nSPS) is 10.2. The lowest BCUT2D eigenvalue weighted by Gasteiger charge is -2.01. The van der Waals surface area contributed by atoms with Gasteiger partial charge in [0.25, 0.3) is 0 Å². The van der Waals surface area contributed by atoms with Gasteiger partial charge in [-0.1, -0.05) is 11.6 Å². The highest BCUT2D eigenvalue weighted by Crippen LogP contribution is 2.29. The number of phenols is 1. The Morgan fingerprint density at radius 1 is 1.47 bits per heavy atom. The summed E-state index contributed by atoms with van der Waals surface area (Å²) < 4.78 is 0. The van der Waals surface area contributed by atoms with Crippen LogP contribution in [0.1, 0.15) is 10.5 Å². The first-order valence-electron chi connectivity index (χ1n) is 4.20. The first-order chi connectivity index (χ1) is 7.20. The molecule has 5 heteroatoms. The largest absolute Gasteiger partial charge is 0.507 e. The maximum Gasteiger partial charge on any atom is 0.167 e. The number of rotatable bonds is 2. The topological polar surface area (TPSA) is 66.0 Å². The third kappa shape index (κ3) is 1.85. The number of hydrogen-bond acceptors (Lipinski definition) is 3. The summed E-state index contributed by atoms with van der Waals surface area (Å²) in [5, 5.41) is 10.1. The van der Waals surface area contributed by atoms with Crippen LogP contribution in [0.4, 0.5) is 0 Å². The third-order valence-electron chi connectivity index (χ3n) is 1.94. The molecule has 1 aromatic heterocycles. The Kier molecular flexibility index (Phi) is 2.43. The van der Waals surface area contributed by atoms with Gasteiger partial charge in [-0.15, -0.1) is 0 Å². The highest BCUT2D eigenvalue weighted by molar-refractivity contribution is 6.30. The van der Waals surface area contributed by atoms with Gasteiger partial charge in [-0.3, -0.25) is 4.79 Å². The molecule has 0 saturated heterocycles. The van der Waals surface area contributed by atoms with Crippen LogP contribution in [0.3, 0.4) is 0 Å². The van der Waals surface area contributed by atoms with E-state index in [1.165, 1.54) is 12.3 Å². The lowest BCUT2D eigenvalue weighted by Crippen LogP contribution is -1.83. The van der Waals surface area contributed by atoms with Crippen LogP contribution in [0, 0.1) is 0 Å². The molecule has 0 bridgehead atoms. The molecule has 4 nitrogen and oxygen atoms in total. The number of nitrogens with zero attached hydrogens (tertiary/aromatic N) is 1. The molecular weight excluding hydrogens is 216 g/mol. The Morgan fingerprint density at radius 3 is 2.93 bits per heavy atom. The summed E-state index contributed by atoms with van der Waals surface area (Å²) in [7, 11) is 0. The van der Waals surface area contributed by atoms with Crippen molar-refractivity contribution in [1.82, 2.24) is 9.97 Å². The van der Waals surface area contributed by atoms with E-state index in [9.17, 15) is 9.90 Å². The molecule has 0 saturated carbocycles. The van der Waals surface area contributed by atoms with Gasteiger partial charge in [-0.2, -0.15) is 0 Å².